The van der Waals surface area contributed by atoms with Crippen LogP contribution in [-0.2, 0) is 6.54 Å². The van der Waals surface area contributed by atoms with Crippen molar-refractivity contribution in [2.75, 3.05) is 19.5 Å². The van der Waals surface area contributed by atoms with Gasteiger partial charge in [0.15, 0.2) is 11.5 Å². The average Bonchev–Trinajstić information content (AvgIpc) is 2.46. The molecule has 0 saturated carbocycles. The van der Waals surface area contributed by atoms with E-state index in [9.17, 15) is 0 Å². The van der Waals surface area contributed by atoms with Crippen molar-refractivity contribution in [3.63, 3.8) is 0 Å². The van der Waals surface area contributed by atoms with Crippen LogP contribution < -0.4 is 14.8 Å². The molecule has 1 aromatic carbocycles. The molecule has 4 heteroatoms. The van der Waals surface area contributed by atoms with E-state index in [1.165, 1.54) is 0 Å². The van der Waals surface area contributed by atoms with Gasteiger partial charge in [0.05, 0.1) is 14.2 Å². The van der Waals surface area contributed by atoms with Gasteiger partial charge < -0.3 is 14.8 Å². The number of benzene rings is 1. The zero-order chi connectivity index (χ0) is 13.7. The third kappa shape index (κ3) is 3.37. The maximum absolute atomic E-state index is 5.27. The van der Waals surface area contributed by atoms with E-state index >= 15 is 0 Å². The predicted molar refractivity (Wildman–Crippen MR) is 75.8 cm³/mol. The van der Waals surface area contributed by atoms with Gasteiger partial charge >= 0.3 is 0 Å². The molecule has 1 aromatic heterocycles. The number of aryl methyl sites for hydroxylation is 1. The molecule has 0 aliphatic heterocycles. The number of rotatable bonds is 5. The average molecular weight is 258 g/mol. The predicted octanol–water partition coefficient (Wildman–Crippen LogP) is 3.02. The molecule has 0 spiro atoms. The number of methoxy groups -OCH3 is 2. The molecule has 1 N–H and O–H groups in total. The van der Waals surface area contributed by atoms with Crippen molar-refractivity contribution in [2.45, 2.75) is 13.5 Å². The first-order chi connectivity index (χ1) is 9.22. The molecule has 0 aliphatic rings. The largest absolute Gasteiger partial charge is 0.493 e. The van der Waals surface area contributed by atoms with E-state index in [0.717, 1.165) is 35.0 Å². The lowest BCUT2D eigenvalue weighted by Crippen LogP contribution is -2.01. The molecule has 2 aromatic rings. The van der Waals surface area contributed by atoms with E-state index in [4.69, 9.17) is 9.47 Å². The molecule has 4 nitrogen and oxygen atoms in total. The Bertz CT molecular complexity index is 538. The first-order valence-electron chi connectivity index (χ1n) is 6.10. The number of nitrogens with one attached hydrogen (secondary N) is 1. The van der Waals surface area contributed by atoms with Crippen molar-refractivity contribution in [2.24, 2.45) is 0 Å². The van der Waals surface area contributed by atoms with Crippen molar-refractivity contribution in [3.05, 3.63) is 47.8 Å². The number of pyridine rings is 1. The first kappa shape index (κ1) is 13.2. The highest BCUT2D eigenvalue weighted by molar-refractivity contribution is 5.54. The molecule has 0 amide bonds. The second-order valence-corrected chi connectivity index (χ2v) is 4.23. The number of ether oxygens (including phenoxy) is 2. The summed E-state index contributed by atoms with van der Waals surface area (Å²) >= 11 is 0. The highest BCUT2D eigenvalue weighted by Crippen LogP contribution is 2.29. The van der Waals surface area contributed by atoms with Crippen LogP contribution in [-0.4, -0.2) is 19.2 Å². The van der Waals surface area contributed by atoms with Crippen LogP contribution in [0.25, 0.3) is 0 Å². The summed E-state index contributed by atoms with van der Waals surface area (Å²) in [5, 5.41) is 3.33. The highest BCUT2D eigenvalue weighted by atomic mass is 16.5. The fourth-order valence-corrected chi connectivity index (χ4v) is 1.75. The standard InChI is InChI=1S/C15H18N2O2/c1-11-4-5-12(9-16-11)10-17-13-6-7-14(18-2)15(8-13)19-3/h4-9,17H,10H2,1-3H3. The lowest BCUT2D eigenvalue weighted by atomic mass is 10.2. The van der Waals surface area contributed by atoms with Crippen molar-refractivity contribution in [1.82, 2.24) is 4.98 Å². The normalized spacial score (nSPS) is 10.1. The summed E-state index contributed by atoms with van der Waals surface area (Å²) in [6.45, 7) is 2.70. The molecular formula is C15H18N2O2. The Labute approximate surface area is 113 Å². The van der Waals surface area contributed by atoms with E-state index < -0.39 is 0 Å². The molecule has 0 bridgehead atoms. The van der Waals surface area contributed by atoms with E-state index in [-0.39, 0.29) is 0 Å². The highest BCUT2D eigenvalue weighted by Gasteiger charge is 2.04. The molecule has 19 heavy (non-hydrogen) atoms. The monoisotopic (exact) mass is 258 g/mol. The summed E-state index contributed by atoms with van der Waals surface area (Å²) in [6.07, 6.45) is 1.88. The molecule has 100 valence electrons. The zero-order valence-electron chi connectivity index (χ0n) is 11.4. The number of aromatic nitrogens is 1. The fraction of sp³-hybridized carbons (Fsp3) is 0.267. The smallest absolute Gasteiger partial charge is 0.162 e. The topological polar surface area (TPSA) is 43.4 Å². The summed E-state index contributed by atoms with van der Waals surface area (Å²) in [5.74, 6) is 1.44. The molecule has 0 radical (unpaired) electrons. The maximum Gasteiger partial charge on any atom is 0.162 e. The quantitative estimate of drug-likeness (QED) is 0.895. The summed E-state index contributed by atoms with van der Waals surface area (Å²) in [4.78, 5) is 4.27. The Morgan fingerprint density at radius 2 is 1.84 bits per heavy atom. The van der Waals surface area contributed by atoms with Gasteiger partial charge in [-0.2, -0.15) is 0 Å². The van der Waals surface area contributed by atoms with E-state index in [1.54, 1.807) is 14.2 Å². The Balaban J connectivity index is 2.05. The Morgan fingerprint density at radius 3 is 2.47 bits per heavy atom. The van der Waals surface area contributed by atoms with Crippen LogP contribution in [0.3, 0.4) is 0 Å². The van der Waals surface area contributed by atoms with Crippen LogP contribution in [0.5, 0.6) is 11.5 Å². The maximum atomic E-state index is 5.27. The molecule has 0 atom stereocenters. The van der Waals surface area contributed by atoms with Crippen molar-refractivity contribution in [3.8, 4) is 11.5 Å². The minimum absolute atomic E-state index is 0.717. The van der Waals surface area contributed by atoms with Gasteiger partial charge in [-0.05, 0) is 30.7 Å². The fourth-order valence-electron chi connectivity index (χ4n) is 1.75. The van der Waals surface area contributed by atoms with Gasteiger partial charge in [-0.15, -0.1) is 0 Å². The SMILES string of the molecule is COc1ccc(NCc2ccc(C)nc2)cc1OC. The van der Waals surface area contributed by atoms with Crippen molar-refractivity contribution < 1.29 is 9.47 Å². The Morgan fingerprint density at radius 1 is 1.05 bits per heavy atom. The minimum atomic E-state index is 0.717. The molecule has 1 heterocycles. The van der Waals surface area contributed by atoms with E-state index in [0.29, 0.717) is 0 Å². The molecule has 0 saturated heterocycles. The number of anilines is 1. The lowest BCUT2D eigenvalue weighted by molar-refractivity contribution is 0.355. The first-order valence-corrected chi connectivity index (χ1v) is 6.10. The third-order valence-corrected chi connectivity index (χ3v) is 2.85. The van der Waals surface area contributed by atoms with Crippen LogP contribution in [0, 0.1) is 6.92 Å². The van der Waals surface area contributed by atoms with E-state index in [1.807, 2.05) is 37.4 Å². The van der Waals surface area contributed by atoms with Crippen LogP contribution >= 0.6 is 0 Å². The number of hydrogen-bond acceptors (Lipinski definition) is 4. The van der Waals surface area contributed by atoms with Gasteiger partial charge in [-0.1, -0.05) is 6.07 Å². The number of hydrogen-bond donors (Lipinski definition) is 1. The summed E-state index contributed by atoms with van der Waals surface area (Å²) < 4.78 is 10.5. The second kappa shape index (κ2) is 6.09. The molecule has 0 unspecified atom stereocenters. The second-order valence-electron chi connectivity index (χ2n) is 4.23. The number of nitrogens with zero attached hydrogens (tertiary/aromatic N) is 1. The molecule has 2 rings (SSSR count). The third-order valence-electron chi connectivity index (χ3n) is 2.85. The van der Waals surface area contributed by atoms with Crippen LogP contribution in [0.15, 0.2) is 36.5 Å². The summed E-state index contributed by atoms with van der Waals surface area (Å²) in [7, 11) is 3.26. The van der Waals surface area contributed by atoms with Crippen molar-refractivity contribution in [1.29, 1.82) is 0 Å². The van der Waals surface area contributed by atoms with Gasteiger partial charge in [0, 0.05) is 30.2 Å². The van der Waals surface area contributed by atoms with Crippen molar-refractivity contribution >= 4 is 5.69 Å². The van der Waals surface area contributed by atoms with Crippen LogP contribution in [0.2, 0.25) is 0 Å². The van der Waals surface area contributed by atoms with Gasteiger partial charge in [0.1, 0.15) is 0 Å². The summed E-state index contributed by atoms with van der Waals surface area (Å²) in [6, 6.07) is 9.83. The van der Waals surface area contributed by atoms with Crippen LogP contribution in [0.4, 0.5) is 5.69 Å². The van der Waals surface area contributed by atoms with Gasteiger partial charge in [-0.25, -0.2) is 0 Å². The lowest BCUT2D eigenvalue weighted by Gasteiger charge is -2.11. The zero-order valence-corrected chi connectivity index (χ0v) is 11.4. The molecule has 0 fully saturated rings. The van der Waals surface area contributed by atoms with Gasteiger partial charge in [-0.3, -0.25) is 4.98 Å². The van der Waals surface area contributed by atoms with E-state index in [2.05, 4.69) is 16.4 Å². The van der Waals surface area contributed by atoms with Gasteiger partial charge in [0.25, 0.3) is 0 Å². The molecular weight excluding hydrogens is 240 g/mol. The Hall–Kier alpha value is -2.23. The Kier molecular flexibility index (Phi) is 4.23. The summed E-state index contributed by atoms with van der Waals surface area (Å²) in [5.41, 5.74) is 3.15. The van der Waals surface area contributed by atoms with Gasteiger partial charge in [0.2, 0.25) is 0 Å². The van der Waals surface area contributed by atoms with Crippen LogP contribution in [0.1, 0.15) is 11.3 Å². The minimum Gasteiger partial charge on any atom is -0.493 e. The molecule has 0 aliphatic carbocycles.